The van der Waals surface area contributed by atoms with E-state index in [0.717, 1.165) is 11.3 Å². The van der Waals surface area contributed by atoms with E-state index < -0.39 is 47.5 Å². The minimum absolute atomic E-state index is 0.0740. The van der Waals surface area contributed by atoms with Crippen LogP contribution >= 0.6 is 11.3 Å². The number of carbonyl (C=O) groups is 3. The lowest BCUT2D eigenvalue weighted by atomic mass is 9.96. The van der Waals surface area contributed by atoms with Crippen LogP contribution in [0.15, 0.2) is 18.3 Å². The Bertz CT molecular complexity index is 1570. The van der Waals surface area contributed by atoms with Gasteiger partial charge in [-0.3, -0.25) is 9.89 Å². The van der Waals surface area contributed by atoms with Gasteiger partial charge >= 0.3 is 18.1 Å². The fourth-order valence-corrected chi connectivity index (χ4v) is 4.29. The van der Waals surface area contributed by atoms with Crippen molar-refractivity contribution in [3.8, 4) is 11.3 Å². The summed E-state index contributed by atoms with van der Waals surface area (Å²) in [4.78, 5) is 41.6. The highest BCUT2D eigenvalue weighted by Gasteiger charge is 2.44. The van der Waals surface area contributed by atoms with Gasteiger partial charge in [0.2, 0.25) is 5.91 Å². The Morgan fingerprint density at radius 3 is 2.41 bits per heavy atom. The predicted octanol–water partition coefficient (Wildman–Crippen LogP) is 4.31. The van der Waals surface area contributed by atoms with E-state index in [1.807, 2.05) is 0 Å². The highest BCUT2D eigenvalue weighted by atomic mass is 32.1. The van der Waals surface area contributed by atoms with Crippen LogP contribution in [0, 0.1) is 18.7 Å². The summed E-state index contributed by atoms with van der Waals surface area (Å²) in [6, 6.07) is 3.31. The molecule has 3 heterocycles. The number of aromatic nitrogens is 4. The molecule has 1 aromatic carbocycles. The lowest BCUT2D eigenvalue weighted by Crippen LogP contribution is -2.21. The summed E-state index contributed by atoms with van der Waals surface area (Å²) in [5.41, 5.74) is 1.09. The van der Waals surface area contributed by atoms with E-state index in [-0.39, 0.29) is 17.5 Å². The molecule has 0 aliphatic heterocycles. The number of hydrogen-bond donors (Lipinski definition) is 4. The molecule has 0 unspecified atom stereocenters. The maximum atomic E-state index is 14.8. The van der Waals surface area contributed by atoms with Crippen LogP contribution < -0.4 is 5.32 Å². The number of carboxylic acid groups (broad SMARTS) is 2. The first-order chi connectivity index (χ1) is 17.3. The number of rotatable bonds is 4. The summed E-state index contributed by atoms with van der Waals surface area (Å²) in [5.74, 6) is -6.06. The monoisotopic (exact) mass is 543 g/mol. The first-order valence-corrected chi connectivity index (χ1v) is 11.0. The number of benzene rings is 1. The van der Waals surface area contributed by atoms with Gasteiger partial charge in [0.1, 0.15) is 27.9 Å². The standard InChI is InChI=1S/C19H13F2N5O3S.C2HF3O2/c1-6-12(8-5-22-26-15(8)13(14(6)21)18(28)29)10-2-3-11-17(23-10)30-19(24-11)25-16(27)7-4-9(7)20;3-2(4,5)1(6)7/h2-3,5,7,9H,4H2,1H3,(H,22,26)(H,28,29)(H,24,25,27);(H,6,7)/t7-,9+;/m1./s1. The summed E-state index contributed by atoms with van der Waals surface area (Å²) in [6.45, 7) is 1.48. The second kappa shape index (κ2) is 9.34. The lowest BCUT2D eigenvalue weighted by Gasteiger charge is -2.11. The second-order valence-electron chi connectivity index (χ2n) is 7.84. The van der Waals surface area contributed by atoms with E-state index >= 15 is 0 Å². The highest BCUT2D eigenvalue weighted by molar-refractivity contribution is 7.22. The number of halogens is 5. The SMILES string of the molecule is Cc1c(F)c(C(=O)O)c2[nH]ncc2c1-c1ccc2nc(NC(=O)[C@@H]3C[C@@H]3F)sc2n1.O=C(O)C(F)(F)F. The molecule has 1 saturated carbocycles. The largest absolute Gasteiger partial charge is 0.490 e. The van der Waals surface area contributed by atoms with E-state index in [0.29, 0.717) is 32.1 Å². The van der Waals surface area contributed by atoms with Gasteiger partial charge in [0.05, 0.1) is 23.3 Å². The molecule has 10 nitrogen and oxygen atoms in total. The maximum absolute atomic E-state index is 14.8. The predicted molar refractivity (Wildman–Crippen MR) is 119 cm³/mol. The van der Waals surface area contributed by atoms with Crippen LogP contribution in [0.4, 0.5) is 27.1 Å². The maximum Gasteiger partial charge on any atom is 0.490 e. The Labute approximate surface area is 206 Å². The Morgan fingerprint density at radius 2 is 1.84 bits per heavy atom. The van der Waals surface area contributed by atoms with Crippen molar-refractivity contribution >= 4 is 55.6 Å². The molecule has 2 atom stereocenters. The van der Waals surface area contributed by atoms with Gasteiger partial charge < -0.3 is 15.5 Å². The van der Waals surface area contributed by atoms with Crippen molar-refractivity contribution in [2.45, 2.75) is 25.7 Å². The van der Waals surface area contributed by atoms with Crippen LogP contribution in [-0.2, 0) is 9.59 Å². The Kier molecular flexibility index (Phi) is 6.53. The number of nitrogens with one attached hydrogen (secondary N) is 2. The molecule has 1 aliphatic rings. The van der Waals surface area contributed by atoms with Gasteiger partial charge in [0, 0.05) is 10.9 Å². The quantitative estimate of drug-likeness (QED) is 0.277. The van der Waals surface area contributed by atoms with Gasteiger partial charge in [0.15, 0.2) is 5.13 Å². The summed E-state index contributed by atoms with van der Waals surface area (Å²) < 4.78 is 59.6. The van der Waals surface area contributed by atoms with Crippen molar-refractivity contribution < 1.29 is 46.5 Å². The Hall–Kier alpha value is -4.21. The van der Waals surface area contributed by atoms with E-state index in [9.17, 15) is 36.6 Å². The fourth-order valence-electron chi connectivity index (χ4n) is 3.45. The fraction of sp³-hybridized carbons (Fsp3) is 0.238. The number of fused-ring (bicyclic) bond motifs is 2. The molecule has 0 saturated heterocycles. The number of aromatic carboxylic acids is 1. The van der Waals surface area contributed by atoms with Crippen molar-refractivity contribution in [2.24, 2.45) is 5.92 Å². The number of H-pyrrole nitrogens is 1. The smallest absolute Gasteiger partial charge is 0.478 e. The number of thiazole rings is 1. The minimum atomic E-state index is -5.08. The molecular weight excluding hydrogens is 529 g/mol. The molecule has 4 aromatic rings. The Balaban J connectivity index is 0.000000405. The minimum Gasteiger partial charge on any atom is -0.478 e. The Morgan fingerprint density at radius 1 is 1.19 bits per heavy atom. The number of pyridine rings is 1. The molecule has 3 aromatic heterocycles. The molecule has 1 fully saturated rings. The molecule has 1 aliphatic carbocycles. The molecule has 16 heteroatoms. The van der Waals surface area contributed by atoms with E-state index in [4.69, 9.17) is 9.90 Å². The van der Waals surface area contributed by atoms with Crippen LogP contribution in [-0.4, -0.2) is 60.6 Å². The topological polar surface area (TPSA) is 158 Å². The third-order valence-electron chi connectivity index (χ3n) is 5.33. The van der Waals surface area contributed by atoms with E-state index in [1.165, 1.54) is 13.1 Å². The number of nitrogens with zero attached hydrogens (tertiary/aromatic N) is 3. The van der Waals surface area contributed by atoms with Gasteiger partial charge in [-0.05, 0) is 31.0 Å². The van der Waals surface area contributed by atoms with E-state index in [1.54, 1.807) is 12.1 Å². The second-order valence-corrected chi connectivity index (χ2v) is 8.82. The molecule has 0 bridgehead atoms. The van der Waals surface area contributed by atoms with Crippen molar-refractivity contribution in [2.75, 3.05) is 5.32 Å². The van der Waals surface area contributed by atoms with Gasteiger partial charge in [-0.15, -0.1) is 0 Å². The van der Waals surface area contributed by atoms with Gasteiger partial charge in [-0.2, -0.15) is 18.3 Å². The van der Waals surface area contributed by atoms with Crippen LogP contribution in [0.3, 0.4) is 0 Å². The average Bonchev–Trinajstić information content (AvgIpc) is 3.16. The number of carbonyl (C=O) groups excluding carboxylic acids is 1. The lowest BCUT2D eigenvalue weighted by molar-refractivity contribution is -0.192. The van der Waals surface area contributed by atoms with Crippen LogP contribution in [0.5, 0.6) is 0 Å². The van der Waals surface area contributed by atoms with Crippen LogP contribution in [0.1, 0.15) is 22.3 Å². The molecule has 194 valence electrons. The molecule has 1 amide bonds. The average molecular weight is 543 g/mol. The number of anilines is 1. The van der Waals surface area contributed by atoms with Crippen molar-refractivity contribution in [3.05, 3.63) is 35.3 Å². The van der Waals surface area contributed by atoms with Gasteiger partial charge in [-0.1, -0.05) is 11.3 Å². The van der Waals surface area contributed by atoms with Crippen LogP contribution in [0.2, 0.25) is 0 Å². The zero-order chi connectivity index (χ0) is 27.2. The third-order valence-corrected chi connectivity index (χ3v) is 6.21. The number of aliphatic carboxylic acids is 1. The molecule has 0 radical (unpaired) electrons. The van der Waals surface area contributed by atoms with Crippen molar-refractivity contribution in [1.29, 1.82) is 0 Å². The zero-order valence-corrected chi connectivity index (χ0v) is 19.2. The van der Waals surface area contributed by atoms with Crippen molar-refractivity contribution in [3.63, 3.8) is 0 Å². The number of carboxylic acids is 2. The number of hydrogen-bond acceptors (Lipinski definition) is 7. The summed E-state index contributed by atoms with van der Waals surface area (Å²) in [6.07, 6.45) is -4.54. The third kappa shape index (κ3) is 5.04. The summed E-state index contributed by atoms with van der Waals surface area (Å²) in [7, 11) is 0. The summed E-state index contributed by atoms with van der Waals surface area (Å²) in [5, 5.41) is 26.2. The van der Waals surface area contributed by atoms with Gasteiger partial charge in [0.25, 0.3) is 0 Å². The van der Waals surface area contributed by atoms with E-state index in [2.05, 4.69) is 25.5 Å². The first-order valence-electron chi connectivity index (χ1n) is 10.2. The van der Waals surface area contributed by atoms with Crippen LogP contribution in [0.25, 0.3) is 32.5 Å². The van der Waals surface area contributed by atoms with Crippen molar-refractivity contribution in [1.82, 2.24) is 20.2 Å². The zero-order valence-electron chi connectivity index (χ0n) is 18.4. The number of amides is 1. The molecular formula is C21H14F5N5O5S. The number of alkyl halides is 4. The molecule has 0 spiro atoms. The normalized spacial score (nSPS) is 16.8. The first kappa shape index (κ1) is 25.9. The molecule has 4 N–H and O–H groups in total. The number of aromatic amines is 1. The summed E-state index contributed by atoms with van der Waals surface area (Å²) >= 11 is 1.12. The van der Waals surface area contributed by atoms with Gasteiger partial charge in [-0.25, -0.2) is 28.3 Å². The molecule has 37 heavy (non-hydrogen) atoms. The highest BCUT2D eigenvalue weighted by Crippen LogP contribution is 2.38. The molecule has 5 rings (SSSR count).